The van der Waals surface area contributed by atoms with Gasteiger partial charge in [-0.15, -0.1) is 0 Å². The third-order valence-electron chi connectivity index (χ3n) is 3.62. The van der Waals surface area contributed by atoms with Crippen molar-refractivity contribution in [3.05, 3.63) is 81.1 Å². The molecule has 0 radical (unpaired) electrons. The Labute approximate surface area is 168 Å². The van der Waals surface area contributed by atoms with E-state index in [4.69, 9.17) is 0 Å². The number of benzene rings is 2. The Kier molecular flexibility index (Phi) is 6.12. The summed E-state index contributed by atoms with van der Waals surface area (Å²) >= 11 is 3.34. The number of hydrogen-bond acceptors (Lipinski definition) is 7. The van der Waals surface area contributed by atoms with Crippen LogP contribution >= 0.6 is 15.9 Å². The molecule has 0 aliphatic carbocycles. The lowest BCUT2D eigenvalue weighted by Crippen LogP contribution is -2.31. The minimum Gasteiger partial charge on any atom is -0.334 e. The third kappa shape index (κ3) is 5.01. The quantitative estimate of drug-likeness (QED) is 0.377. The fourth-order valence-corrected chi connectivity index (χ4v) is 2.79. The number of anilines is 3. The second-order valence-corrected chi connectivity index (χ2v) is 6.56. The topological polar surface area (TPSA) is 122 Å². The first-order valence-electron chi connectivity index (χ1n) is 8.13. The predicted molar refractivity (Wildman–Crippen MR) is 108 cm³/mol. The van der Waals surface area contributed by atoms with Crippen molar-refractivity contribution in [3.63, 3.8) is 0 Å². The zero-order chi connectivity index (χ0) is 19.9. The van der Waals surface area contributed by atoms with E-state index in [2.05, 4.69) is 42.1 Å². The number of nitrogens with one attached hydrogen (secondary N) is 3. The van der Waals surface area contributed by atoms with Crippen LogP contribution in [0.2, 0.25) is 0 Å². The molecule has 0 bridgehead atoms. The second-order valence-electron chi connectivity index (χ2n) is 5.65. The van der Waals surface area contributed by atoms with E-state index in [-0.39, 0.29) is 29.7 Å². The zero-order valence-corrected chi connectivity index (χ0v) is 16.0. The first kappa shape index (κ1) is 19.2. The number of hydrogen-bond donors (Lipinski definition) is 3. The number of halogens is 1. The van der Waals surface area contributed by atoms with Crippen LogP contribution in [0.1, 0.15) is 5.56 Å². The molecule has 3 aromatic rings. The fraction of sp³-hybridized carbons (Fsp3) is 0.0556. The normalized spacial score (nSPS) is 10.2. The molecule has 0 saturated carbocycles. The van der Waals surface area contributed by atoms with Crippen LogP contribution < -0.4 is 16.2 Å². The van der Waals surface area contributed by atoms with Gasteiger partial charge in [0.25, 0.3) is 0 Å². The van der Waals surface area contributed by atoms with Gasteiger partial charge in [-0.05, 0) is 23.8 Å². The molecule has 3 N–H and O–H groups in total. The van der Waals surface area contributed by atoms with Gasteiger partial charge < -0.3 is 5.32 Å². The molecule has 2 aromatic carbocycles. The lowest BCUT2D eigenvalue weighted by molar-refractivity contribution is -0.383. The minimum absolute atomic E-state index is 0.00194. The van der Waals surface area contributed by atoms with E-state index < -0.39 is 4.92 Å². The Morgan fingerprint density at radius 1 is 1.07 bits per heavy atom. The van der Waals surface area contributed by atoms with Crippen LogP contribution in [-0.2, 0) is 11.2 Å². The number of aromatic nitrogens is 2. The molecule has 0 unspecified atom stereocenters. The van der Waals surface area contributed by atoms with Gasteiger partial charge in [0, 0.05) is 10.2 Å². The largest absolute Gasteiger partial charge is 0.355 e. The van der Waals surface area contributed by atoms with Gasteiger partial charge in [0.05, 0.1) is 11.3 Å². The van der Waals surface area contributed by atoms with Gasteiger partial charge >= 0.3 is 5.69 Å². The van der Waals surface area contributed by atoms with Gasteiger partial charge in [-0.25, -0.2) is 9.97 Å². The average Bonchev–Trinajstić information content (AvgIpc) is 2.67. The lowest BCUT2D eigenvalue weighted by atomic mass is 10.1. The van der Waals surface area contributed by atoms with Crippen LogP contribution in [0.4, 0.5) is 23.0 Å². The second kappa shape index (κ2) is 8.91. The van der Waals surface area contributed by atoms with Crippen LogP contribution in [-0.4, -0.2) is 20.8 Å². The van der Waals surface area contributed by atoms with Crippen molar-refractivity contribution in [2.45, 2.75) is 6.42 Å². The predicted octanol–water partition coefficient (Wildman–Crippen LogP) is 3.58. The number of hydrazine groups is 1. The molecular formula is C18H15BrN6O3. The molecule has 3 rings (SSSR count). The molecule has 10 heteroatoms. The maximum absolute atomic E-state index is 12.1. The summed E-state index contributed by atoms with van der Waals surface area (Å²) in [5, 5.41) is 14.4. The van der Waals surface area contributed by atoms with E-state index in [0.29, 0.717) is 5.69 Å². The minimum atomic E-state index is -0.619. The lowest BCUT2D eigenvalue weighted by Gasteiger charge is -2.11. The van der Waals surface area contributed by atoms with E-state index in [1.807, 2.05) is 36.4 Å². The van der Waals surface area contributed by atoms with Crippen LogP contribution in [0.5, 0.6) is 0 Å². The number of amides is 1. The van der Waals surface area contributed by atoms with Crippen LogP contribution in [0.3, 0.4) is 0 Å². The molecule has 0 atom stereocenters. The molecular weight excluding hydrogens is 428 g/mol. The Morgan fingerprint density at radius 2 is 1.82 bits per heavy atom. The summed E-state index contributed by atoms with van der Waals surface area (Å²) in [5.41, 5.74) is 5.97. The molecule has 0 fully saturated rings. The molecule has 1 heterocycles. The van der Waals surface area contributed by atoms with E-state index in [1.54, 1.807) is 18.2 Å². The molecule has 28 heavy (non-hydrogen) atoms. The van der Waals surface area contributed by atoms with Gasteiger partial charge in [-0.3, -0.25) is 25.8 Å². The monoisotopic (exact) mass is 442 g/mol. The van der Waals surface area contributed by atoms with Crippen molar-refractivity contribution in [3.8, 4) is 0 Å². The van der Waals surface area contributed by atoms with Crippen LogP contribution in [0, 0.1) is 10.1 Å². The number of carbonyl (C=O) groups is 1. The van der Waals surface area contributed by atoms with Crippen molar-refractivity contribution in [1.29, 1.82) is 0 Å². The maximum atomic E-state index is 12.1. The summed E-state index contributed by atoms with van der Waals surface area (Å²) < 4.78 is 0.806. The van der Waals surface area contributed by atoms with Crippen molar-refractivity contribution in [1.82, 2.24) is 15.4 Å². The summed E-state index contributed by atoms with van der Waals surface area (Å²) in [7, 11) is 0. The first-order chi connectivity index (χ1) is 13.5. The average molecular weight is 443 g/mol. The molecule has 0 saturated heterocycles. The first-order valence-corrected chi connectivity index (χ1v) is 8.93. The molecule has 0 aliphatic heterocycles. The Morgan fingerprint density at radius 3 is 2.54 bits per heavy atom. The standard InChI is InChI=1S/C18H15BrN6O3/c19-13-7-4-8-14(10-13)22-17-16(25(27)28)18(21-11-20-17)24-23-15(26)9-12-5-2-1-3-6-12/h1-8,10-11H,9H2,(H,23,26)(H2,20,21,22,24). The van der Waals surface area contributed by atoms with Crippen molar-refractivity contribution in [2.24, 2.45) is 0 Å². The van der Waals surface area contributed by atoms with Crippen molar-refractivity contribution >= 4 is 44.8 Å². The number of carbonyl (C=O) groups excluding carboxylic acids is 1. The Hall–Kier alpha value is -3.53. The molecule has 1 aromatic heterocycles. The van der Waals surface area contributed by atoms with Gasteiger partial charge in [0.15, 0.2) is 0 Å². The summed E-state index contributed by atoms with van der Waals surface area (Å²) in [6.45, 7) is 0. The van der Waals surface area contributed by atoms with E-state index >= 15 is 0 Å². The van der Waals surface area contributed by atoms with Crippen LogP contribution in [0.25, 0.3) is 0 Å². The van der Waals surface area contributed by atoms with Crippen molar-refractivity contribution < 1.29 is 9.72 Å². The molecule has 0 spiro atoms. The third-order valence-corrected chi connectivity index (χ3v) is 4.11. The highest BCUT2D eigenvalue weighted by atomic mass is 79.9. The van der Waals surface area contributed by atoms with Gasteiger partial charge in [-0.2, -0.15) is 0 Å². The number of rotatable bonds is 7. The van der Waals surface area contributed by atoms with Gasteiger partial charge in [-0.1, -0.05) is 52.3 Å². The Balaban J connectivity index is 1.75. The Bertz CT molecular complexity index is 1000. The number of nitrogens with zero attached hydrogens (tertiary/aromatic N) is 3. The smallest absolute Gasteiger partial charge is 0.334 e. The van der Waals surface area contributed by atoms with E-state index in [1.165, 1.54) is 6.33 Å². The SMILES string of the molecule is O=C(Cc1ccccc1)NNc1ncnc(Nc2cccc(Br)c2)c1[N+](=O)[O-]. The number of nitro groups is 1. The highest BCUT2D eigenvalue weighted by Gasteiger charge is 2.23. The molecule has 0 aliphatic rings. The van der Waals surface area contributed by atoms with Crippen molar-refractivity contribution in [2.75, 3.05) is 10.7 Å². The highest BCUT2D eigenvalue weighted by molar-refractivity contribution is 9.10. The zero-order valence-electron chi connectivity index (χ0n) is 14.4. The summed E-state index contributed by atoms with van der Waals surface area (Å²) in [5.74, 6) is -0.488. The summed E-state index contributed by atoms with van der Waals surface area (Å²) in [4.78, 5) is 30.8. The van der Waals surface area contributed by atoms with Crippen LogP contribution in [0.15, 0.2) is 65.4 Å². The van der Waals surface area contributed by atoms with Gasteiger partial charge in [0.2, 0.25) is 17.5 Å². The van der Waals surface area contributed by atoms with Gasteiger partial charge in [0.1, 0.15) is 6.33 Å². The fourth-order valence-electron chi connectivity index (χ4n) is 2.39. The summed E-state index contributed by atoms with van der Waals surface area (Å²) in [6.07, 6.45) is 1.29. The molecule has 142 valence electrons. The molecule has 9 nitrogen and oxygen atoms in total. The molecule has 1 amide bonds. The summed E-state index contributed by atoms with van der Waals surface area (Å²) in [6, 6.07) is 16.2. The van der Waals surface area contributed by atoms with E-state index in [9.17, 15) is 14.9 Å². The van der Waals surface area contributed by atoms with E-state index in [0.717, 1.165) is 10.0 Å². The highest BCUT2D eigenvalue weighted by Crippen LogP contribution is 2.31. The maximum Gasteiger partial charge on any atom is 0.355 e.